The molecule has 1 heterocycles. The van der Waals surface area contributed by atoms with Gasteiger partial charge in [-0.2, -0.15) is 0 Å². The van der Waals surface area contributed by atoms with Crippen LogP contribution < -0.4 is 10.5 Å². The van der Waals surface area contributed by atoms with Crippen molar-refractivity contribution in [1.29, 1.82) is 0 Å². The first kappa shape index (κ1) is 15.0. The highest BCUT2D eigenvalue weighted by atomic mass is 32.2. The lowest BCUT2D eigenvalue weighted by atomic mass is 10.1. The van der Waals surface area contributed by atoms with Gasteiger partial charge in [-0.15, -0.1) is 0 Å². The third-order valence-electron chi connectivity index (χ3n) is 3.70. The molecular weight excluding hydrogens is 292 g/mol. The molecule has 3 N–H and O–H groups in total. The van der Waals surface area contributed by atoms with Crippen molar-refractivity contribution in [3.05, 3.63) is 53.7 Å². The number of aromatic nitrogens is 1. The monoisotopic (exact) mass is 312 g/mol. The summed E-state index contributed by atoms with van der Waals surface area (Å²) in [5.74, 6) is 0.897. The average molecular weight is 312 g/mol. The van der Waals surface area contributed by atoms with Crippen LogP contribution >= 0.6 is 11.8 Å². The van der Waals surface area contributed by atoms with E-state index in [1.54, 1.807) is 18.9 Å². The molecule has 2 aromatic carbocycles. The molecule has 1 aromatic heterocycles. The highest BCUT2D eigenvalue weighted by Crippen LogP contribution is 2.39. The first-order chi connectivity index (χ1) is 10.7. The highest BCUT2D eigenvalue weighted by molar-refractivity contribution is 7.99. The van der Waals surface area contributed by atoms with E-state index in [9.17, 15) is 0 Å². The molecule has 0 saturated heterocycles. The summed E-state index contributed by atoms with van der Waals surface area (Å²) < 4.78 is 5.51. The summed E-state index contributed by atoms with van der Waals surface area (Å²) in [7, 11) is 1.71. The molecule has 4 heteroatoms. The zero-order valence-corrected chi connectivity index (χ0v) is 13.7. The van der Waals surface area contributed by atoms with Crippen LogP contribution in [0.15, 0.2) is 52.4 Å². The molecule has 0 aliphatic rings. The van der Waals surface area contributed by atoms with Crippen LogP contribution in [-0.4, -0.2) is 18.6 Å². The van der Waals surface area contributed by atoms with Gasteiger partial charge in [0.15, 0.2) is 0 Å². The number of benzene rings is 2. The molecule has 22 heavy (non-hydrogen) atoms. The van der Waals surface area contributed by atoms with Crippen LogP contribution in [0.2, 0.25) is 0 Å². The fourth-order valence-corrected chi connectivity index (χ4v) is 3.74. The third-order valence-corrected chi connectivity index (χ3v) is 4.86. The first-order valence-corrected chi connectivity index (χ1v) is 8.16. The normalized spacial score (nSPS) is 11.0. The zero-order chi connectivity index (χ0) is 15.5. The van der Waals surface area contributed by atoms with Crippen molar-refractivity contribution in [3.8, 4) is 5.75 Å². The van der Waals surface area contributed by atoms with Gasteiger partial charge in [-0.1, -0.05) is 35.5 Å². The van der Waals surface area contributed by atoms with Gasteiger partial charge >= 0.3 is 0 Å². The Hall–Kier alpha value is -1.91. The summed E-state index contributed by atoms with van der Waals surface area (Å²) in [4.78, 5) is 5.75. The lowest BCUT2D eigenvalue weighted by molar-refractivity contribution is 0.419. The second-order valence-electron chi connectivity index (χ2n) is 5.29. The van der Waals surface area contributed by atoms with Crippen LogP contribution in [0.5, 0.6) is 5.75 Å². The van der Waals surface area contributed by atoms with Crippen molar-refractivity contribution in [2.45, 2.75) is 23.1 Å². The number of hydrogen-bond donors (Lipinski definition) is 2. The number of rotatable bonds is 5. The smallest absolute Gasteiger partial charge is 0.129 e. The summed E-state index contributed by atoms with van der Waals surface area (Å²) in [5.41, 5.74) is 9.42. The Morgan fingerprint density at radius 3 is 2.82 bits per heavy atom. The van der Waals surface area contributed by atoms with Crippen molar-refractivity contribution < 1.29 is 4.74 Å². The quantitative estimate of drug-likeness (QED) is 0.744. The van der Waals surface area contributed by atoms with E-state index < -0.39 is 0 Å². The molecule has 0 radical (unpaired) electrons. The van der Waals surface area contributed by atoms with Gasteiger partial charge in [-0.3, -0.25) is 0 Å². The van der Waals surface area contributed by atoms with Gasteiger partial charge in [0.25, 0.3) is 0 Å². The van der Waals surface area contributed by atoms with Gasteiger partial charge in [0.05, 0.1) is 18.0 Å². The molecule has 0 saturated carbocycles. The minimum absolute atomic E-state index is 0.661. The van der Waals surface area contributed by atoms with E-state index in [0.717, 1.165) is 23.1 Å². The van der Waals surface area contributed by atoms with Crippen LogP contribution in [0, 0.1) is 6.92 Å². The molecule has 114 valence electrons. The molecule has 3 aromatic rings. The minimum Gasteiger partial charge on any atom is -0.496 e. The van der Waals surface area contributed by atoms with Gasteiger partial charge in [0, 0.05) is 16.0 Å². The van der Waals surface area contributed by atoms with Crippen molar-refractivity contribution in [3.63, 3.8) is 0 Å². The Balaban J connectivity index is 2.04. The van der Waals surface area contributed by atoms with Crippen LogP contribution in [-0.2, 0) is 6.42 Å². The Morgan fingerprint density at radius 2 is 2.05 bits per heavy atom. The number of fused-ring (bicyclic) bond motifs is 1. The highest BCUT2D eigenvalue weighted by Gasteiger charge is 2.12. The molecule has 0 atom stereocenters. The molecule has 0 unspecified atom stereocenters. The summed E-state index contributed by atoms with van der Waals surface area (Å²) in [5, 5.41) is 1.13. The third kappa shape index (κ3) is 2.85. The number of ether oxygens (including phenoxy) is 1. The van der Waals surface area contributed by atoms with E-state index in [1.807, 2.05) is 18.3 Å². The second kappa shape index (κ2) is 6.46. The molecule has 3 nitrogen and oxygen atoms in total. The molecule has 0 amide bonds. The maximum absolute atomic E-state index is 5.75. The number of nitrogens with one attached hydrogen (secondary N) is 1. The lowest BCUT2D eigenvalue weighted by Gasteiger charge is -2.10. The van der Waals surface area contributed by atoms with Gasteiger partial charge in [0.1, 0.15) is 5.75 Å². The van der Waals surface area contributed by atoms with Crippen LogP contribution in [0.3, 0.4) is 0 Å². The van der Waals surface area contributed by atoms with Gasteiger partial charge < -0.3 is 15.5 Å². The number of hydrogen-bond acceptors (Lipinski definition) is 3. The Bertz CT molecular complexity index is 795. The van der Waals surface area contributed by atoms with Gasteiger partial charge in [-0.25, -0.2) is 0 Å². The maximum Gasteiger partial charge on any atom is 0.129 e. The number of aryl methyl sites for hydroxylation is 1. The predicted molar refractivity (Wildman–Crippen MR) is 92.9 cm³/mol. The number of methoxy groups -OCH3 is 1. The number of aromatic amines is 1. The number of nitrogens with two attached hydrogens (primary N) is 1. The molecule has 3 rings (SSSR count). The zero-order valence-electron chi connectivity index (χ0n) is 12.8. The van der Waals surface area contributed by atoms with Crippen LogP contribution in [0.25, 0.3) is 10.9 Å². The van der Waals surface area contributed by atoms with E-state index in [1.165, 1.54) is 20.9 Å². The van der Waals surface area contributed by atoms with Crippen molar-refractivity contribution in [2.24, 2.45) is 5.73 Å². The minimum atomic E-state index is 0.661. The maximum atomic E-state index is 5.75. The van der Waals surface area contributed by atoms with Crippen molar-refractivity contribution in [2.75, 3.05) is 13.7 Å². The largest absolute Gasteiger partial charge is 0.496 e. The number of H-pyrrole nitrogens is 1. The molecule has 0 aliphatic carbocycles. The lowest BCUT2D eigenvalue weighted by Crippen LogP contribution is -2.03. The fourth-order valence-electron chi connectivity index (χ4n) is 2.65. The van der Waals surface area contributed by atoms with E-state index in [0.29, 0.717) is 6.54 Å². The van der Waals surface area contributed by atoms with Crippen LogP contribution in [0.1, 0.15) is 11.1 Å². The molecule has 0 bridgehead atoms. The first-order valence-electron chi connectivity index (χ1n) is 7.34. The summed E-state index contributed by atoms with van der Waals surface area (Å²) in [6.45, 7) is 2.78. The average Bonchev–Trinajstić information content (AvgIpc) is 2.93. The van der Waals surface area contributed by atoms with E-state index >= 15 is 0 Å². The summed E-state index contributed by atoms with van der Waals surface area (Å²) in [6.07, 6.45) is 2.94. The van der Waals surface area contributed by atoms with E-state index in [-0.39, 0.29) is 0 Å². The molecular formula is C18H20N2OS. The summed E-state index contributed by atoms with van der Waals surface area (Å²) in [6, 6.07) is 12.6. The Morgan fingerprint density at radius 1 is 1.18 bits per heavy atom. The Labute approximate surface area is 134 Å². The molecule has 0 spiro atoms. The summed E-state index contributed by atoms with van der Waals surface area (Å²) >= 11 is 1.76. The molecule has 0 aliphatic heterocycles. The fraction of sp³-hybridized carbons (Fsp3) is 0.222. The van der Waals surface area contributed by atoms with Crippen molar-refractivity contribution in [1.82, 2.24) is 4.98 Å². The van der Waals surface area contributed by atoms with E-state index in [4.69, 9.17) is 10.5 Å². The van der Waals surface area contributed by atoms with Gasteiger partial charge in [-0.05, 0) is 43.7 Å². The topological polar surface area (TPSA) is 51.0 Å². The standard InChI is InChI=1S/C18H20N2OS/c1-12-6-7-16(13(10-12)8-9-19)22-17-11-20-14-4-3-5-15(21-2)18(14)17/h3-7,10-11,20H,8-9,19H2,1-2H3. The Kier molecular flexibility index (Phi) is 4.41. The van der Waals surface area contributed by atoms with Gasteiger partial charge in [0.2, 0.25) is 0 Å². The van der Waals surface area contributed by atoms with E-state index in [2.05, 4.69) is 36.2 Å². The predicted octanol–water partition coefficient (Wildman–Crippen LogP) is 4.14. The molecule has 0 fully saturated rings. The second-order valence-corrected chi connectivity index (χ2v) is 6.37. The van der Waals surface area contributed by atoms with Crippen molar-refractivity contribution >= 4 is 22.7 Å². The SMILES string of the molecule is COc1cccc2[nH]cc(Sc3ccc(C)cc3CCN)c12. The van der Waals surface area contributed by atoms with Crippen LogP contribution in [0.4, 0.5) is 0 Å².